The van der Waals surface area contributed by atoms with E-state index in [0.717, 1.165) is 24.8 Å². The molecule has 2 fully saturated rings. The predicted octanol–water partition coefficient (Wildman–Crippen LogP) is 1.66. The number of hydrogen-bond donors (Lipinski definition) is 2. The molecule has 1 aromatic carbocycles. The molecule has 3 unspecified atom stereocenters. The van der Waals surface area contributed by atoms with Crippen LogP contribution in [0.1, 0.15) is 24.8 Å². The van der Waals surface area contributed by atoms with Crippen LogP contribution in [0.2, 0.25) is 5.02 Å². The van der Waals surface area contributed by atoms with Crippen molar-refractivity contribution in [3.63, 3.8) is 0 Å². The quantitative estimate of drug-likeness (QED) is 0.861. The van der Waals surface area contributed by atoms with Gasteiger partial charge in [0.25, 0.3) is 0 Å². The van der Waals surface area contributed by atoms with Crippen LogP contribution in [-0.2, 0) is 21.3 Å². The molecule has 2 heterocycles. The molecule has 21 heavy (non-hydrogen) atoms. The number of halogens is 1. The van der Waals surface area contributed by atoms with Gasteiger partial charge in [-0.2, -0.15) is 0 Å². The monoisotopic (exact) mass is 330 g/mol. The third-order valence-electron chi connectivity index (χ3n) is 4.11. The summed E-state index contributed by atoms with van der Waals surface area (Å²) in [7, 11) is -1.74. The first-order valence-corrected chi connectivity index (χ1v) is 8.96. The molecule has 3 atom stereocenters. The van der Waals surface area contributed by atoms with Gasteiger partial charge >= 0.3 is 0 Å². The highest BCUT2D eigenvalue weighted by Gasteiger charge is 2.42. The standard InChI is InChI=1S/C14H19ClN2O3S/c1-16-8-9-2-4-11(7-12(9)15)21(18,19)17-13-6-10-3-5-14(13)20-10/h2,4,7,10,13-14,16-17H,3,5-6,8H2,1H3. The van der Waals surface area contributed by atoms with E-state index in [4.69, 9.17) is 16.3 Å². The Hall–Kier alpha value is -0.660. The van der Waals surface area contributed by atoms with Gasteiger partial charge in [0.1, 0.15) is 0 Å². The van der Waals surface area contributed by atoms with Crippen LogP contribution in [0.5, 0.6) is 0 Å². The molecular weight excluding hydrogens is 312 g/mol. The second-order valence-corrected chi connectivity index (χ2v) is 7.74. The van der Waals surface area contributed by atoms with Crippen LogP contribution in [0.4, 0.5) is 0 Å². The molecule has 2 aliphatic heterocycles. The van der Waals surface area contributed by atoms with Gasteiger partial charge in [0.2, 0.25) is 10.0 Å². The number of hydrogen-bond acceptors (Lipinski definition) is 4. The van der Waals surface area contributed by atoms with Gasteiger partial charge in [-0.05, 0) is 44.0 Å². The van der Waals surface area contributed by atoms with Crippen LogP contribution >= 0.6 is 11.6 Å². The predicted molar refractivity (Wildman–Crippen MR) is 80.8 cm³/mol. The van der Waals surface area contributed by atoms with Gasteiger partial charge in [0.15, 0.2) is 0 Å². The first-order chi connectivity index (χ1) is 9.99. The highest BCUT2D eigenvalue weighted by molar-refractivity contribution is 7.89. The van der Waals surface area contributed by atoms with Crippen LogP contribution in [0.15, 0.2) is 23.1 Å². The molecule has 0 saturated carbocycles. The summed E-state index contributed by atoms with van der Waals surface area (Å²) >= 11 is 6.14. The van der Waals surface area contributed by atoms with Crippen LogP contribution in [-0.4, -0.2) is 33.7 Å². The molecule has 2 saturated heterocycles. The summed E-state index contributed by atoms with van der Waals surface area (Å²) in [5.74, 6) is 0. The van der Waals surface area contributed by atoms with Crippen molar-refractivity contribution in [3.8, 4) is 0 Å². The fraction of sp³-hybridized carbons (Fsp3) is 0.571. The van der Waals surface area contributed by atoms with Crippen molar-refractivity contribution in [2.45, 2.75) is 49.0 Å². The minimum absolute atomic E-state index is 0.0174. The lowest BCUT2D eigenvalue weighted by Gasteiger charge is -2.20. The lowest BCUT2D eigenvalue weighted by molar-refractivity contribution is 0.0996. The Kier molecular flexibility index (Phi) is 4.25. The molecule has 2 aliphatic rings. The molecule has 0 aliphatic carbocycles. The number of benzene rings is 1. The van der Waals surface area contributed by atoms with E-state index in [2.05, 4.69) is 10.0 Å². The third-order valence-corrected chi connectivity index (χ3v) is 5.95. The van der Waals surface area contributed by atoms with E-state index in [1.54, 1.807) is 12.1 Å². The summed E-state index contributed by atoms with van der Waals surface area (Å²) in [6.45, 7) is 0.604. The number of ether oxygens (including phenoxy) is 1. The van der Waals surface area contributed by atoms with E-state index in [9.17, 15) is 8.42 Å². The number of fused-ring (bicyclic) bond motifs is 2. The average Bonchev–Trinajstić information content (AvgIpc) is 3.03. The van der Waals surface area contributed by atoms with E-state index in [1.165, 1.54) is 6.07 Å². The maximum atomic E-state index is 12.4. The highest BCUT2D eigenvalue weighted by atomic mass is 35.5. The lowest BCUT2D eigenvalue weighted by atomic mass is 9.96. The van der Waals surface area contributed by atoms with E-state index in [1.807, 2.05) is 7.05 Å². The van der Waals surface area contributed by atoms with E-state index < -0.39 is 10.0 Å². The SMILES string of the molecule is CNCc1ccc(S(=O)(=O)NC2CC3CCC2O3)cc1Cl. The highest BCUT2D eigenvalue weighted by Crippen LogP contribution is 2.35. The number of nitrogens with one attached hydrogen (secondary N) is 2. The number of sulfonamides is 1. The second kappa shape index (κ2) is 5.85. The fourth-order valence-corrected chi connectivity index (χ4v) is 4.67. The van der Waals surface area contributed by atoms with Gasteiger partial charge in [-0.1, -0.05) is 17.7 Å². The van der Waals surface area contributed by atoms with Crippen LogP contribution < -0.4 is 10.0 Å². The Morgan fingerprint density at radius 3 is 2.76 bits per heavy atom. The lowest BCUT2D eigenvalue weighted by Crippen LogP contribution is -2.41. The topological polar surface area (TPSA) is 67.4 Å². The molecule has 2 bridgehead atoms. The molecule has 1 aromatic rings. The second-order valence-electron chi connectivity index (χ2n) is 5.62. The normalized spacial score (nSPS) is 28.2. The van der Waals surface area contributed by atoms with Crippen molar-refractivity contribution in [2.75, 3.05) is 7.05 Å². The van der Waals surface area contributed by atoms with Crippen molar-refractivity contribution in [3.05, 3.63) is 28.8 Å². The van der Waals surface area contributed by atoms with E-state index in [0.29, 0.717) is 11.6 Å². The zero-order valence-corrected chi connectivity index (χ0v) is 13.4. The average molecular weight is 331 g/mol. The zero-order valence-electron chi connectivity index (χ0n) is 11.8. The largest absolute Gasteiger partial charge is 0.373 e. The Labute approximate surface area is 130 Å². The van der Waals surface area contributed by atoms with Crippen LogP contribution in [0, 0.1) is 0 Å². The molecular formula is C14H19ClN2O3S. The van der Waals surface area contributed by atoms with Crippen LogP contribution in [0.3, 0.4) is 0 Å². The van der Waals surface area contributed by atoms with E-state index >= 15 is 0 Å². The summed E-state index contributed by atoms with van der Waals surface area (Å²) in [6, 6.07) is 4.72. The third kappa shape index (κ3) is 3.10. The molecule has 0 aromatic heterocycles. The van der Waals surface area contributed by atoms with Gasteiger partial charge in [0, 0.05) is 11.6 Å². The van der Waals surface area contributed by atoms with Gasteiger partial charge in [0.05, 0.1) is 23.1 Å². The molecule has 116 valence electrons. The van der Waals surface area contributed by atoms with Gasteiger partial charge in [-0.3, -0.25) is 0 Å². The summed E-state index contributed by atoms with van der Waals surface area (Å²) in [5.41, 5.74) is 0.876. The Morgan fingerprint density at radius 2 is 2.19 bits per heavy atom. The fourth-order valence-electron chi connectivity index (χ4n) is 3.06. The zero-order chi connectivity index (χ0) is 15.0. The number of rotatable bonds is 5. The maximum absolute atomic E-state index is 12.4. The maximum Gasteiger partial charge on any atom is 0.240 e. The molecule has 0 radical (unpaired) electrons. The van der Waals surface area contributed by atoms with Crippen LogP contribution in [0.25, 0.3) is 0 Å². The molecule has 5 nitrogen and oxygen atoms in total. The molecule has 3 rings (SSSR count). The Bertz CT molecular complexity index is 635. The Balaban J connectivity index is 1.77. The summed E-state index contributed by atoms with van der Waals surface area (Å²) < 4.78 is 33.3. The smallest absolute Gasteiger partial charge is 0.240 e. The molecule has 2 N–H and O–H groups in total. The molecule has 0 spiro atoms. The van der Waals surface area contributed by atoms with Gasteiger partial charge in [-0.15, -0.1) is 0 Å². The summed E-state index contributed by atoms with van der Waals surface area (Å²) in [6.07, 6.45) is 2.95. The summed E-state index contributed by atoms with van der Waals surface area (Å²) in [4.78, 5) is 0.204. The minimum Gasteiger partial charge on any atom is -0.373 e. The first kappa shape index (κ1) is 15.2. The molecule has 7 heteroatoms. The first-order valence-electron chi connectivity index (χ1n) is 7.10. The van der Waals surface area contributed by atoms with Crippen molar-refractivity contribution < 1.29 is 13.2 Å². The molecule has 0 amide bonds. The van der Waals surface area contributed by atoms with Crippen molar-refractivity contribution >= 4 is 21.6 Å². The summed E-state index contributed by atoms with van der Waals surface area (Å²) in [5, 5.41) is 3.45. The minimum atomic E-state index is -3.56. The van der Waals surface area contributed by atoms with Crippen molar-refractivity contribution in [2.24, 2.45) is 0 Å². The van der Waals surface area contributed by atoms with Gasteiger partial charge in [-0.25, -0.2) is 13.1 Å². The van der Waals surface area contributed by atoms with Crippen molar-refractivity contribution in [1.29, 1.82) is 0 Å². The van der Waals surface area contributed by atoms with Gasteiger partial charge < -0.3 is 10.1 Å². The van der Waals surface area contributed by atoms with Crippen molar-refractivity contribution in [1.82, 2.24) is 10.0 Å². The Morgan fingerprint density at radius 1 is 1.38 bits per heavy atom. The van der Waals surface area contributed by atoms with E-state index in [-0.39, 0.29) is 23.1 Å².